The van der Waals surface area contributed by atoms with E-state index in [2.05, 4.69) is 0 Å². The number of aryl methyl sites for hydroxylation is 1. The molecule has 0 amide bonds. The topological polar surface area (TPSA) is 29.5 Å². The summed E-state index contributed by atoms with van der Waals surface area (Å²) in [5.41, 5.74) is 1.14. The first-order valence-corrected chi connectivity index (χ1v) is 4.49. The third-order valence-electron chi connectivity index (χ3n) is 2.42. The number of hydrogen-bond donors (Lipinski definition) is 1. The molecule has 0 spiro atoms. The number of phenolic OH excluding ortho intramolecular Hbond substituents is 1. The third kappa shape index (κ3) is 1.20. The van der Waals surface area contributed by atoms with Crippen LogP contribution in [0.4, 0.5) is 0 Å². The molecule has 14 heavy (non-hydrogen) atoms. The van der Waals surface area contributed by atoms with Gasteiger partial charge in [0.25, 0.3) is 0 Å². The number of rotatable bonds is 1. The van der Waals surface area contributed by atoms with Gasteiger partial charge in [0, 0.05) is 0 Å². The van der Waals surface area contributed by atoms with Crippen LogP contribution in [-0.2, 0) is 0 Å². The summed E-state index contributed by atoms with van der Waals surface area (Å²) in [6.45, 7) is 2.02. The molecule has 0 saturated carbocycles. The van der Waals surface area contributed by atoms with Crippen LogP contribution in [0.15, 0.2) is 30.3 Å². The first-order valence-electron chi connectivity index (χ1n) is 4.49. The number of methoxy groups -OCH3 is 1. The second-order valence-corrected chi connectivity index (χ2v) is 3.28. The Morgan fingerprint density at radius 2 is 1.93 bits per heavy atom. The molecular formula is C12H12O2. The van der Waals surface area contributed by atoms with Crippen LogP contribution in [0.2, 0.25) is 0 Å². The van der Waals surface area contributed by atoms with Crippen LogP contribution in [0, 0.1) is 6.92 Å². The predicted octanol–water partition coefficient (Wildman–Crippen LogP) is 2.86. The molecule has 0 radical (unpaired) electrons. The molecule has 1 N–H and O–H groups in total. The van der Waals surface area contributed by atoms with Gasteiger partial charge in [0.05, 0.1) is 12.5 Å². The molecule has 2 rings (SSSR count). The quantitative estimate of drug-likeness (QED) is 0.745. The van der Waals surface area contributed by atoms with E-state index in [0.717, 1.165) is 16.3 Å². The minimum Gasteiger partial charge on any atom is -0.507 e. The Morgan fingerprint density at radius 1 is 1.14 bits per heavy atom. The Balaban J connectivity index is 2.92. The number of aromatic hydroxyl groups is 1. The Bertz CT molecular complexity index is 475. The Kier molecular flexibility index (Phi) is 2.04. The summed E-state index contributed by atoms with van der Waals surface area (Å²) >= 11 is 0. The molecular weight excluding hydrogens is 176 g/mol. The molecule has 72 valence electrons. The van der Waals surface area contributed by atoms with Crippen molar-refractivity contribution in [3.63, 3.8) is 0 Å². The molecule has 0 aromatic heterocycles. The van der Waals surface area contributed by atoms with E-state index < -0.39 is 0 Å². The smallest absolute Gasteiger partial charge is 0.130 e. The fraction of sp³-hybridized carbons (Fsp3) is 0.167. The van der Waals surface area contributed by atoms with Gasteiger partial charge in [0.2, 0.25) is 0 Å². The zero-order chi connectivity index (χ0) is 10.1. The molecule has 0 heterocycles. The van der Waals surface area contributed by atoms with Crippen molar-refractivity contribution in [2.24, 2.45) is 0 Å². The highest BCUT2D eigenvalue weighted by Crippen LogP contribution is 2.34. The molecule has 0 fully saturated rings. The average Bonchev–Trinajstić information content (AvgIpc) is 2.20. The lowest BCUT2D eigenvalue weighted by Crippen LogP contribution is -1.87. The third-order valence-corrected chi connectivity index (χ3v) is 2.42. The molecule has 0 aliphatic heterocycles. The van der Waals surface area contributed by atoms with E-state index in [4.69, 9.17) is 4.74 Å². The number of phenols is 1. The highest BCUT2D eigenvalue weighted by molar-refractivity contribution is 5.95. The summed E-state index contributed by atoms with van der Waals surface area (Å²) in [7, 11) is 1.61. The van der Waals surface area contributed by atoms with Gasteiger partial charge in [-0.3, -0.25) is 0 Å². The number of fused-ring (bicyclic) bond motifs is 1. The van der Waals surface area contributed by atoms with E-state index in [1.807, 2.05) is 31.2 Å². The van der Waals surface area contributed by atoms with Gasteiger partial charge in [0.1, 0.15) is 11.5 Å². The number of hydrogen-bond acceptors (Lipinski definition) is 2. The van der Waals surface area contributed by atoms with E-state index in [1.165, 1.54) is 0 Å². The maximum atomic E-state index is 9.73. The molecule has 0 unspecified atom stereocenters. The van der Waals surface area contributed by atoms with E-state index in [-0.39, 0.29) is 5.75 Å². The van der Waals surface area contributed by atoms with Gasteiger partial charge in [-0.2, -0.15) is 0 Å². The molecule has 0 saturated heterocycles. The molecule has 2 nitrogen and oxygen atoms in total. The number of benzene rings is 2. The van der Waals surface area contributed by atoms with Gasteiger partial charge in [0.15, 0.2) is 0 Å². The first kappa shape index (κ1) is 8.88. The predicted molar refractivity (Wildman–Crippen MR) is 56.9 cm³/mol. The SMILES string of the molecule is COc1ccc(C)c2cccc(O)c12. The lowest BCUT2D eigenvalue weighted by molar-refractivity contribution is 0.416. The summed E-state index contributed by atoms with van der Waals surface area (Å²) in [5.74, 6) is 0.978. The largest absolute Gasteiger partial charge is 0.507 e. The van der Waals surface area contributed by atoms with Gasteiger partial charge in [-0.1, -0.05) is 18.2 Å². The van der Waals surface area contributed by atoms with Crippen LogP contribution < -0.4 is 4.74 Å². The normalized spacial score (nSPS) is 10.4. The number of ether oxygens (including phenoxy) is 1. The van der Waals surface area contributed by atoms with Crippen molar-refractivity contribution < 1.29 is 9.84 Å². The summed E-state index contributed by atoms with van der Waals surface area (Å²) in [6.07, 6.45) is 0. The zero-order valence-corrected chi connectivity index (χ0v) is 8.24. The van der Waals surface area contributed by atoms with Crippen molar-refractivity contribution >= 4 is 10.8 Å². The first-order chi connectivity index (χ1) is 6.74. The summed E-state index contributed by atoms with van der Waals surface area (Å²) in [4.78, 5) is 0. The maximum absolute atomic E-state index is 9.73. The molecule has 2 aromatic carbocycles. The van der Waals surface area contributed by atoms with Gasteiger partial charge in [-0.25, -0.2) is 0 Å². The summed E-state index contributed by atoms with van der Waals surface area (Å²) in [6, 6.07) is 9.35. The second kappa shape index (κ2) is 3.22. The average molecular weight is 188 g/mol. The monoisotopic (exact) mass is 188 g/mol. The van der Waals surface area contributed by atoms with Crippen LogP contribution in [0.5, 0.6) is 11.5 Å². The fourth-order valence-corrected chi connectivity index (χ4v) is 1.67. The van der Waals surface area contributed by atoms with Crippen LogP contribution >= 0.6 is 0 Å². The van der Waals surface area contributed by atoms with Crippen molar-refractivity contribution in [1.29, 1.82) is 0 Å². The standard InChI is InChI=1S/C12H12O2/c1-8-6-7-11(14-2)12-9(8)4-3-5-10(12)13/h3-7,13H,1-2H3. The minimum atomic E-state index is 0.267. The van der Waals surface area contributed by atoms with Crippen molar-refractivity contribution in [1.82, 2.24) is 0 Å². The van der Waals surface area contributed by atoms with Crippen molar-refractivity contribution in [2.75, 3.05) is 7.11 Å². The van der Waals surface area contributed by atoms with E-state index in [1.54, 1.807) is 13.2 Å². The van der Waals surface area contributed by atoms with E-state index >= 15 is 0 Å². The Labute approximate surface area is 82.8 Å². The van der Waals surface area contributed by atoms with Gasteiger partial charge in [-0.15, -0.1) is 0 Å². The molecule has 0 aliphatic carbocycles. The van der Waals surface area contributed by atoms with Crippen molar-refractivity contribution in [3.05, 3.63) is 35.9 Å². The Hall–Kier alpha value is -1.70. The molecule has 0 atom stereocenters. The van der Waals surface area contributed by atoms with Crippen molar-refractivity contribution in [3.8, 4) is 11.5 Å². The van der Waals surface area contributed by atoms with Crippen molar-refractivity contribution in [2.45, 2.75) is 6.92 Å². The Morgan fingerprint density at radius 3 is 2.64 bits per heavy atom. The van der Waals surface area contributed by atoms with Gasteiger partial charge < -0.3 is 9.84 Å². The fourth-order valence-electron chi connectivity index (χ4n) is 1.67. The van der Waals surface area contributed by atoms with Gasteiger partial charge in [-0.05, 0) is 30.0 Å². The summed E-state index contributed by atoms with van der Waals surface area (Å²) in [5, 5.41) is 11.5. The van der Waals surface area contributed by atoms with Crippen LogP contribution in [0.1, 0.15) is 5.56 Å². The highest BCUT2D eigenvalue weighted by Gasteiger charge is 2.07. The zero-order valence-electron chi connectivity index (χ0n) is 8.24. The van der Waals surface area contributed by atoms with Crippen LogP contribution in [0.25, 0.3) is 10.8 Å². The molecule has 0 aliphatic rings. The molecule has 0 bridgehead atoms. The summed E-state index contributed by atoms with van der Waals surface area (Å²) < 4.78 is 5.20. The second-order valence-electron chi connectivity index (χ2n) is 3.28. The van der Waals surface area contributed by atoms with Crippen LogP contribution in [0.3, 0.4) is 0 Å². The highest BCUT2D eigenvalue weighted by atomic mass is 16.5. The van der Waals surface area contributed by atoms with Crippen LogP contribution in [-0.4, -0.2) is 12.2 Å². The molecule has 2 aromatic rings. The van der Waals surface area contributed by atoms with Gasteiger partial charge >= 0.3 is 0 Å². The lowest BCUT2D eigenvalue weighted by atomic mass is 10.0. The lowest BCUT2D eigenvalue weighted by Gasteiger charge is -2.08. The minimum absolute atomic E-state index is 0.267. The maximum Gasteiger partial charge on any atom is 0.130 e. The molecule has 2 heteroatoms. The van der Waals surface area contributed by atoms with E-state index in [0.29, 0.717) is 5.75 Å². The van der Waals surface area contributed by atoms with E-state index in [9.17, 15) is 5.11 Å².